The van der Waals surface area contributed by atoms with Crippen molar-refractivity contribution in [2.45, 2.75) is 37.5 Å². The van der Waals surface area contributed by atoms with Crippen LogP contribution in [0.3, 0.4) is 0 Å². The minimum atomic E-state index is -1.01. The fourth-order valence-corrected chi connectivity index (χ4v) is 3.42. The molecule has 1 saturated carbocycles. The lowest BCUT2D eigenvalue weighted by Gasteiger charge is -2.12. The van der Waals surface area contributed by atoms with E-state index in [1.807, 2.05) is 6.92 Å². The van der Waals surface area contributed by atoms with Gasteiger partial charge in [0.15, 0.2) is 0 Å². The van der Waals surface area contributed by atoms with Gasteiger partial charge in [0, 0.05) is 23.3 Å². The zero-order chi connectivity index (χ0) is 10.1. The Morgan fingerprint density at radius 1 is 1.43 bits per heavy atom. The standard InChI is InChI=1S/C10H16O3S/c1-7-10(4-5-13-7)14(12)6-9(11)8-2-3-8/h7-8,10H,2-6H2,1H3. The quantitative estimate of drug-likeness (QED) is 0.701. The van der Waals surface area contributed by atoms with E-state index >= 15 is 0 Å². The Bertz CT molecular complexity index is 260. The number of Topliss-reactive ketones (excluding diaryl/α,β-unsaturated/α-hetero) is 1. The van der Waals surface area contributed by atoms with Gasteiger partial charge in [0.2, 0.25) is 0 Å². The molecule has 0 aromatic rings. The predicted octanol–water partition coefficient (Wildman–Crippen LogP) is 0.892. The number of rotatable bonds is 4. The molecule has 0 amide bonds. The highest BCUT2D eigenvalue weighted by molar-refractivity contribution is 7.86. The smallest absolute Gasteiger partial charge is 0.148 e. The van der Waals surface area contributed by atoms with E-state index in [0.29, 0.717) is 6.61 Å². The van der Waals surface area contributed by atoms with Crippen molar-refractivity contribution in [3.63, 3.8) is 0 Å². The molecule has 0 N–H and O–H groups in total. The second kappa shape index (κ2) is 4.11. The van der Waals surface area contributed by atoms with Gasteiger partial charge in [-0.25, -0.2) is 0 Å². The number of ketones is 1. The third-order valence-corrected chi connectivity index (χ3v) is 4.82. The summed E-state index contributed by atoms with van der Waals surface area (Å²) in [5.74, 6) is 0.683. The molecule has 2 fully saturated rings. The predicted molar refractivity (Wildman–Crippen MR) is 54.6 cm³/mol. The Morgan fingerprint density at radius 2 is 2.14 bits per heavy atom. The first-order chi connectivity index (χ1) is 6.68. The van der Waals surface area contributed by atoms with Crippen LogP contribution in [-0.4, -0.2) is 33.7 Å². The van der Waals surface area contributed by atoms with Crippen LogP contribution in [0.2, 0.25) is 0 Å². The van der Waals surface area contributed by atoms with Gasteiger partial charge in [-0.05, 0) is 26.2 Å². The molecule has 1 aliphatic carbocycles. The lowest BCUT2D eigenvalue weighted by Crippen LogP contribution is -2.28. The van der Waals surface area contributed by atoms with Crippen LogP contribution >= 0.6 is 0 Å². The third-order valence-electron chi connectivity index (χ3n) is 2.96. The highest BCUT2D eigenvalue weighted by atomic mass is 32.2. The normalized spacial score (nSPS) is 34.4. The summed E-state index contributed by atoms with van der Waals surface area (Å²) in [4.78, 5) is 11.4. The summed E-state index contributed by atoms with van der Waals surface area (Å²) in [6, 6.07) is 0. The van der Waals surface area contributed by atoms with Gasteiger partial charge in [0.25, 0.3) is 0 Å². The van der Waals surface area contributed by atoms with Gasteiger partial charge in [-0.2, -0.15) is 0 Å². The molecule has 3 unspecified atom stereocenters. The third kappa shape index (κ3) is 2.23. The molecule has 1 aliphatic heterocycles. The molecule has 0 spiro atoms. The fourth-order valence-electron chi connectivity index (χ4n) is 1.83. The maximum Gasteiger partial charge on any atom is 0.148 e. The van der Waals surface area contributed by atoms with Crippen molar-refractivity contribution in [2.24, 2.45) is 5.92 Å². The molecule has 0 radical (unpaired) electrons. The van der Waals surface area contributed by atoms with Gasteiger partial charge in [0.05, 0.1) is 17.1 Å². The average molecular weight is 216 g/mol. The molecular weight excluding hydrogens is 200 g/mol. The summed E-state index contributed by atoms with van der Waals surface area (Å²) in [6.45, 7) is 2.63. The first-order valence-corrected chi connectivity index (χ1v) is 6.58. The zero-order valence-electron chi connectivity index (χ0n) is 8.40. The van der Waals surface area contributed by atoms with Gasteiger partial charge in [-0.3, -0.25) is 9.00 Å². The molecule has 3 atom stereocenters. The Balaban J connectivity index is 1.84. The van der Waals surface area contributed by atoms with Crippen molar-refractivity contribution in [3.8, 4) is 0 Å². The molecule has 1 saturated heterocycles. The first kappa shape index (κ1) is 10.3. The number of hydrogen-bond donors (Lipinski definition) is 0. The minimum Gasteiger partial charge on any atom is -0.377 e. The van der Waals surface area contributed by atoms with Crippen LogP contribution in [0.25, 0.3) is 0 Å². The van der Waals surface area contributed by atoms with Crippen molar-refractivity contribution in [3.05, 3.63) is 0 Å². The Morgan fingerprint density at radius 3 is 2.64 bits per heavy atom. The molecule has 2 aliphatic rings. The van der Waals surface area contributed by atoms with E-state index in [1.165, 1.54) is 0 Å². The lowest BCUT2D eigenvalue weighted by molar-refractivity contribution is -0.117. The highest BCUT2D eigenvalue weighted by Crippen LogP contribution is 2.30. The summed E-state index contributed by atoms with van der Waals surface area (Å²) < 4.78 is 17.1. The maximum atomic E-state index is 11.8. The molecule has 3 nitrogen and oxygen atoms in total. The van der Waals surface area contributed by atoms with Crippen molar-refractivity contribution < 1.29 is 13.7 Å². The topological polar surface area (TPSA) is 43.4 Å². The van der Waals surface area contributed by atoms with Crippen molar-refractivity contribution in [1.29, 1.82) is 0 Å². The van der Waals surface area contributed by atoms with Crippen molar-refractivity contribution in [1.82, 2.24) is 0 Å². The van der Waals surface area contributed by atoms with E-state index in [4.69, 9.17) is 4.74 Å². The summed E-state index contributed by atoms with van der Waals surface area (Å²) in [5.41, 5.74) is 0. The van der Waals surface area contributed by atoms with E-state index < -0.39 is 10.8 Å². The average Bonchev–Trinajstić information content (AvgIpc) is 2.89. The van der Waals surface area contributed by atoms with Gasteiger partial charge >= 0.3 is 0 Å². The number of ether oxygens (including phenoxy) is 1. The first-order valence-electron chi connectivity index (χ1n) is 5.20. The van der Waals surface area contributed by atoms with Crippen molar-refractivity contribution >= 4 is 16.6 Å². The molecule has 14 heavy (non-hydrogen) atoms. The summed E-state index contributed by atoms with van der Waals surface area (Å²) in [7, 11) is -1.01. The van der Waals surface area contributed by atoms with Crippen LogP contribution in [0.15, 0.2) is 0 Å². The molecule has 80 valence electrons. The number of hydrogen-bond acceptors (Lipinski definition) is 3. The van der Waals surface area contributed by atoms with Gasteiger partial charge < -0.3 is 4.74 Å². The van der Waals surface area contributed by atoms with Gasteiger partial charge in [-0.1, -0.05) is 0 Å². The van der Waals surface area contributed by atoms with Crippen molar-refractivity contribution in [2.75, 3.05) is 12.4 Å². The van der Waals surface area contributed by atoms with Crippen LogP contribution in [0.5, 0.6) is 0 Å². The van der Waals surface area contributed by atoms with Crippen LogP contribution < -0.4 is 0 Å². The summed E-state index contributed by atoms with van der Waals surface area (Å²) in [5, 5.41) is 0.0812. The van der Waals surface area contributed by atoms with Crippen LogP contribution in [0.4, 0.5) is 0 Å². The van der Waals surface area contributed by atoms with Crippen LogP contribution in [0.1, 0.15) is 26.2 Å². The molecule has 0 bridgehead atoms. The molecule has 0 aromatic heterocycles. The molecule has 1 heterocycles. The highest BCUT2D eigenvalue weighted by Gasteiger charge is 2.35. The Kier molecular flexibility index (Phi) is 3.02. The monoisotopic (exact) mass is 216 g/mol. The van der Waals surface area contributed by atoms with Crippen LogP contribution in [-0.2, 0) is 20.3 Å². The van der Waals surface area contributed by atoms with E-state index in [9.17, 15) is 9.00 Å². The summed E-state index contributed by atoms with van der Waals surface area (Å²) >= 11 is 0. The Labute approximate surface area is 86.7 Å². The largest absolute Gasteiger partial charge is 0.377 e. The van der Waals surface area contributed by atoms with E-state index in [1.54, 1.807) is 0 Å². The van der Waals surface area contributed by atoms with Crippen LogP contribution in [0, 0.1) is 5.92 Å². The SMILES string of the molecule is CC1OCCC1S(=O)CC(=O)C1CC1. The maximum absolute atomic E-state index is 11.8. The number of carbonyl (C=O) groups excluding carboxylic acids is 1. The molecule has 2 rings (SSSR count). The fraction of sp³-hybridized carbons (Fsp3) is 0.900. The molecule has 0 aromatic carbocycles. The van der Waals surface area contributed by atoms with Gasteiger partial charge in [0.1, 0.15) is 5.78 Å². The number of carbonyl (C=O) groups is 1. The van der Waals surface area contributed by atoms with Gasteiger partial charge in [-0.15, -0.1) is 0 Å². The van der Waals surface area contributed by atoms with E-state index in [-0.39, 0.29) is 28.8 Å². The molecule has 4 heteroatoms. The molecular formula is C10H16O3S. The Hall–Kier alpha value is -0.220. The summed E-state index contributed by atoms with van der Waals surface area (Å²) in [6.07, 6.45) is 2.91. The van der Waals surface area contributed by atoms with E-state index in [0.717, 1.165) is 19.3 Å². The lowest BCUT2D eigenvalue weighted by atomic mass is 10.3. The van der Waals surface area contributed by atoms with E-state index in [2.05, 4.69) is 0 Å². The second-order valence-electron chi connectivity index (χ2n) is 4.17. The zero-order valence-corrected chi connectivity index (χ0v) is 9.22. The minimum absolute atomic E-state index is 0.0582. The second-order valence-corrected chi connectivity index (χ2v) is 5.82.